The van der Waals surface area contributed by atoms with Crippen LogP contribution < -0.4 is 10.2 Å². The summed E-state index contributed by atoms with van der Waals surface area (Å²) < 4.78 is 0. The van der Waals surface area contributed by atoms with E-state index in [9.17, 15) is 14.7 Å². The molecule has 0 unspecified atom stereocenters. The van der Waals surface area contributed by atoms with Crippen LogP contribution in [-0.4, -0.2) is 33.6 Å². The van der Waals surface area contributed by atoms with Crippen molar-refractivity contribution in [2.24, 2.45) is 10.2 Å². The molecule has 0 radical (unpaired) electrons. The third kappa shape index (κ3) is 2.84. The third-order valence-electron chi connectivity index (χ3n) is 4.00. The number of thioether (sulfide) groups is 1. The third-order valence-corrected chi connectivity index (χ3v) is 4.92. The summed E-state index contributed by atoms with van der Waals surface area (Å²) in [6, 6.07) is 11.9. The Kier molecular flexibility index (Phi) is 3.96. The molecule has 0 atom stereocenters. The Morgan fingerprint density at radius 2 is 1.88 bits per heavy atom. The van der Waals surface area contributed by atoms with Crippen molar-refractivity contribution in [2.45, 2.75) is 6.92 Å². The lowest BCUT2D eigenvalue weighted by Gasteiger charge is -2.15. The predicted octanol–water partition coefficient (Wildman–Crippen LogP) is 2.49. The molecule has 2 amide bonds. The number of aromatic hydroxyl groups is 1. The van der Waals surface area contributed by atoms with Crippen molar-refractivity contribution in [3.63, 3.8) is 0 Å². The summed E-state index contributed by atoms with van der Waals surface area (Å²) >= 11 is 1.25. The molecule has 0 spiro atoms. The molecule has 2 aromatic rings. The molecular formula is C18H14N4O3S. The predicted molar refractivity (Wildman–Crippen MR) is 102 cm³/mol. The van der Waals surface area contributed by atoms with Crippen molar-refractivity contribution in [1.82, 2.24) is 0 Å². The average molecular weight is 366 g/mol. The van der Waals surface area contributed by atoms with Crippen LogP contribution in [0.4, 0.5) is 11.4 Å². The van der Waals surface area contributed by atoms with Crippen LogP contribution in [0.25, 0.3) is 0 Å². The lowest BCUT2D eigenvalue weighted by molar-refractivity contribution is -0.115. The first kappa shape index (κ1) is 16.3. The van der Waals surface area contributed by atoms with E-state index in [0.29, 0.717) is 22.1 Å². The SMILES string of the molecule is Cc1ccc2c(c1)/C(=N/N=C1\SCC(=O)N1c1ccc(O)cc1)C(=O)N2. The first-order valence-corrected chi connectivity index (χ1v) is 8.84. The van der Waals surface area contributed by atoms with Gasteiger partial charge in [0.1, 0.15) is 5.75 Å². The van der Waals surface area contributed by atoms with E-state index in [1.165, 1.54) is 28.8 Å². The first-order chi connectivity index (χ1) is 12.5. The van der Waals surface area contributed by atoms with Gasteiger partial charge in [-0.25, -0.2) is 0 Å². The van der Waals surface area contributed by atoms with Gasteiger partial charge in [-0.15, -0.1) is 10.2 Å². The van der Waals surface area contributed by atoms with Gasteiger partial charge < -0.3 is 10.4 Å². The Morgan fingerprint density at radius 3 is 2.65 bits per heavy atom. The molecule has 0 aliphatic carbocycles. The number of fused-ring (bicyclic) bond motifs is 1. The summed E-state index contributed by atoms with van der Waals surface area (Å²) in [6.45, 7) is 1.94. The quantitative estimate of drug-likeness (QED) is 0.799. The number of aryl methyl sites for hydroxylation is 1. The number of carbonyl (C=O) groups is 2. The molecule has 2 aromatic carbocycles. The van der Waals surface area contributed by atoms with Crippen molar-refractivity contribution in [2.75, 3.05) is 16.0 Å². The highest BCUT2D eigenvalue weighted by Crippen LogP contribution is 2.29. The zero-order chi connectivity index (χ0) is 18.3. The van der Waals surface area contributed by atoms with Crippen LogP contribution in [0, 0.1) is 6.92 Å². The zero-order valence-electron chi connectivity index (χ0n) is 13.8. The Hall–Kier alpha value is -3.13. The van der Waals surface area contributed by atoms with Gasteiger partial charge in [0.05, 0.1) is 17.1 Å². The van der Waals surface area contributed by atoms with E-state index >= 15 is 0 Å². The van der Waals surface area contributed by atoms with E-state index < -0.39 is 0 Å². The molecule has 2 N–H and O–H groups in total. The largest absolute Gasteiger partial charge is 0.508 e. The lowest BCUT2D eigenvalue weighted by atomic mass is 10.1. The molecule has 2 heterocycles. The Balaban J connectivity index is 1.71. The number of phenolic OH excluding ortho intramolecular Hbond substituents is 1. The monoisotopic (exact) mass is 366 g/mol. The molecule has 1 saturated heterocycles. The second kappa shape index (κ2) is 6.30. The summed E-state index contributed by atoms with van der Waals surface area (Å²) in [6.07, 6.45) is 0. The normalized spacial score (nSPS) is 19.3. The van der Waals surface area contributed by atoms with Crippen LogP contribution in [0.3, 0.4) is 0 Å². The van der Waals surface area contributed by atoms with Gasteiger partial charge in [-0.1, -0.05) is 23.4 Å². The fourth-order valence-electron chi connectivity index (χ4n) is 2.75. The van der Waals surface area contributed by atoms with Crippen LogP contribution >= 0.6 is 11.8 Å². The maximum atomic E-state index is 12.2. The molecule has 4 rings (SSSR count). The van der Waals surface area contributed by atoms with Crippen LogP contribution in [0.15, 0.2) is 52.7 Å². The summed E-state index contributed by atoms with van der Waals surface area (Å²) in [7, 11) is 0. The molecule has 130 valence electrons. The molecular weight excluding hydrogens is 352 g/mol. The smallest absolute Gasteiger partial charge is 0.276 e. The number of amides is 2. The highest BCUT2D eigenvalue weighted by atomic mass is 32.2. The van der Waals surface area contributed by atoms with Gasteiger partial charge in [0.15, 0.2) is 10.9 Å². The van der Waals surface area contributed by atoms with Crippen molar-refractivity contribution in [1.29, 1.82) is 0 Å². The minimum absolute atomic E-state index is 0.112. The minimum atomic E-state index is -0.319. The second-order valence-corrected chi connectivity index (χ2v) is 6.81. The molecule has 0 aromatic heterocycles. The number of carbonyl (C=O) groups excluding carboxylic acids is 2. The van der Waals surface area contributed by atoms with Crippen LogP contribution in [0.1, 0.15) is 11.1 Å². The van der Waals surface area contributed by atoms with Gasteiger partial charge in [-0.05, 0) is 43.3 Å². The molecule has 8 heteroatoms. The van der Waals surface area contributed by atoms with Crippen molar-refractivity contribution in [3.8, 4) is 5.75 Å². The molecule has 26 heavy (non-hydrogen) atoms. The van der Waals surface area contributed by atoms with E-state index in [1.807, 2.05) is 25.1 Å². The average Bonchev–Trinajstić information content (AvgIpc) is 3.13. The summed E-state index contributed by atoms with van der Waals surface area (Å²) in [5.41, 5.74) is 3.22. The van der Waals surface area contributed by atoms with Gasteiger partial charge >= 0.3 is 0 Å². The van der Waals surface area contributed by atoms with E-state index in [-0.39, 0.29) is 29.0 Å². The van der Waals surface area contributed by atoms with Crippen molar-refractivity contribution < 1.29 is 14.7 Å². The van der Waals surface area contributed by atoms with Crippen LogP contribution in [0.5, 0.6) is 5.75 Å². The summed E-state index contributed by atoms with van der Waals surface area (Å²) in [5, 5.41) is 20.9. The highest BCUT2D eigenvalue weighted by Gasteiger charge is 2.31. The number of nitrogens with zero attached hydrogens (tertiary/aromatic N) is 3. The fraction of sp³-hybridized carbons (Fsp3) is 0.111. The molecule has 0 bridgehead atoms. The topological polar surface area (TPSA) is 94.4 Å². The van der Waals surface area contributed by atoms with Crippen LogP contribution in [0.2, 0.25) is 0 Å². The number of rotatable bonds is 2. The number of benzene rings is 2. The number of phenols is 1. The number of hydrogen-bond acceptors (Lipinski definition) is 6. The number of hydrogen-bond donors (Lipinski definition) is 2. The highest BCUT2D eigenvalue weighted by molar-refractivity contribution is 8.15. The standard InChI is InChI=1S/C18H14N4O3S/c1-10-2-7-14-13(8-10)16(17(25)19-14)20-21-18-22(15(24)9-26-18)11-3-5-12(23)6-4-11/h2-8,23H,9H2,1H3,(H,19,20,25)/b21-18-. The van der Waals surface area contributed by atoms with Gasteiger partial charge in [0.25, 0.3) is 5.91 Å². The van der Waals surface area contributed by atoms with Gasteiger partial charge in [-0.2, -0.15) is 0 Å². The fourth-order valence-corrected chi connectivity index (χ4v) is 3.57. The summed E-state index contributed by atoms with van der Waals surface area (Å²) in [5.74, 6) is -0.0967. The molecule has 2 aliphatic heterocycles. The Morgan fingerprint density at radius 1 is 1.12 bits per heavy atom. The Labute approximate surface area is 153 Å². The van der Waals surface area contributed by atoms with Gasteiger partial charge in [0.2, 0.25) is 5.91 Å². The molecule has 1 fully saturated rings. The van der Waals surface area contributed by atoms with E-state index in [4.69, 9.17) is 0 Å². The summed E-state index contributed by atoms with van der Waals surface area (Å²) in [4.78, 5) is 25.8. The maximum absolute atomic E-state index is 12.2. The number of anilines is 2. The Bertz CT molecular complexity index is 982. The van der Waals surface area contributed by atoms with Crippen LogP contribution in [-0.2, 0) is 9.59 Å². The molecule has 2 aliphatic rings. The number of nitrogens with one attached hydrogen (secondary N) is 1. The minimum Gasteiger partial charge on any atom is -0.508 e. The van der Waals surface area contributed by atoms with E-state index in [2.05, 4.69) is 15.5 Å². The second-order valence-electron chi connectivity index (χ2n) is 5.87. The van der Waals surface area contributed by atoms with Crippen molar-refractivity contribution >= 4 is 45.8 Å². The van der Waals surface area contributed by atoms with Crippen molar-refractivity contribution in [3.05, 3.63) is 53.6 Å². The molecule has 0 saturated carbocycles. The zero-order valence-corrected chi connectivity index (χ0v) is 14.6. The first-order valence-electron chi connectivity index (χ1n) is 7.86. The number of amidine groups is 1. The molecule has 7 nitrogen and oxygen atoms in total. The van der Waals surface area contributed by atoms with E-state index in [0.717, 1.165) is 5.56 Å². The van der Waals surface area contributed by atoms with Gasteiger partial charge in [-0.3, -0.25) is 14.5 Å². The lowest BCUT2D eigenvalue weighted by Crippen LogP contribution is -2.29. The maximum Gasteiger partial charge on any atom is 0.276 e. The van der Waals surface area contributed by atoms with Gasteiger partial charge in [0, 0.05) is 5.56 Å². The van der Waals surface area contributed by atoms with E-state index in [1.54, 1.807) is 12.1 Å².